The number of amidine groups is 1. The van der Waals surface area contributed by atoms with Crippen molar-refractivity contribution >= 4 is 5.84 Å². The lowest BCUT2D eigenvalue weighted by molar-refractivity contribution is 0.476. The fourth-order valence-corrected chi connectivity index (χ4v) is 1.61. The molecule has 0 radical (unpaired) electrons. The summed E-state index contributed by atoms with van der Waals surface area (Å²) in [5, 5.41) is 3.31. The van der Waals surface area contributed by atoms with Gasteiger partial charge in [-0.1, -0.05) is 0 Å². The molecule has 76 valence electrons. The zero-order valence-corrected chi connectivity index (χ0v) is 8.55. The monoisotopic (exact) mass is 192 g/mol. The first kappa shape index (κ1) is 9.31. The van der Waals surface area contributed by atoms with Gasteiger partial charge in [0.25, 0.3) is 0 Å². The van der Waals surface area contributed by atoms with E-state index in [1.54, 1.807) is 0 Å². The lowest BCUT2D eigenvalue weighted by Gasteiger charge is -2.12. The van der Waals surface area contributed by atoms with Crippen molar-refractivity contribution in [1.29, 1.82) is 0 Å². The Morgan fingerprint density at radius 3 is 3.00 bits per heavy atom. The first-order chi connectivity index (χ1) is 6.84. The van der Waals surface area contributed by atoms with Gasteiger partial charge < -0.3 is 9.73 Å². The van der Waals surface area contributed by atoms with Crippen molar-refractivity contribution in [2.24, 2.45) is 4.99 Å². The van der Waals surface area contributed by atoms with Gasteiger partial charge in [0.1, 0.15) is 11.5 Å². The van der Waals surface area contributed by atoms with E-state index in [2.05, 4.69) is 10.3 Å². The zero-order valence-electron chi connectivity index (χ0n) is 8.55. The first-order valence-electron chi connectivity index (χ1n) is 5.17. The Morgan fingerprint density at radius 2 is 2.36 bits per heavy atom. The molecule has 1 aromatic rings. The Kier molecular flexibility index (Phi) is 2.87. The van der Waals surface area contributed by atoms with Gasteiger partial charge in [0.15, 0.2) is 0 Å². The molecule has 3 nitrogen and oxygen atoms in total. The van der Waals surface area contributed by atoms with Crippen LogP contribution in [0.25, 0.3) is 0 Å². The van der Waals surface area contributed by atoms with E-state index < -0.39 is 0 Å². The van der Waals surface area contributed by atoms with E-state index in [4.69, 9.17) is 4.42 Å². The van der Waals surface area contributed by atoms with Gasteiger partial charge in [-0.15, -0.1) is 0 Å². The highest BCUT2D eigenvalue weighted by molar-refractivity contribution is 5.82. The van der Waals surface area contributed by atoms with Crippen LogP contribution in [-0.2, 0) is 6.54 Å². The second kappa shape index (κ2) is 4.31. The molecule has 1 N–H and O–H groups in total. The number of aryl methyl sites for hydroxylation is 1. The highest BCUT2D eigenvalue weighted by Gasteiger charge is 2.05. The van der Waals surface area contributed by atoms with Gasteiger partial charge in [0, 0.05) is 13.0 Å². The molecule has 0 aromatic carbocycles. The SMILES string of the molecule is Cc1ccc(CNC2=NCCCC2)o1. The summed E-state index contributed by atoms with van der Waals surface area (Å²) in [6.45, 7) is 3.69. The van der Waals surface area contributed by atoms with E-state index in [0.717, 1.165) is 36.9 Å². The average molecular weight is 192 g/mol. The van der Waals surface area contributed by atoms with Crippen LogP contribution in [0.15, 0.2) is 21.5 Å². The maximum atomic E-state index is 5.46. The minimum atomic E-state index is 0.757. The summed E-state index contributed by atoms with van der Waals surface area (Å²) in [6.07, 6.45) is 3.56. The molecule has 0 fully saturated rings. The molecule has 0 spiro atoms. The maximum absolute atomic E-state index is 5.46. The number of nitrogens with one attached hydrogen (secondary N) is 1. The van der Waals surface area contributed by atoms with E-state index in [0.29, 0.717) is 0 Å². The van der Waals surface area contributed by atoms with E-state index in [1.165, 1.54) is 12.8 Å². The fraction of sp³-hybridized carbons (Fsp3) is 0.545. The van der Waals surface area contributed by atoms with Crippen molar-refractivity contribution < 1.29 is 4.42 Å². The summed E-state index contributed by atoms with van der Waals surface area (Å²) in [4.78, 5) is 4.42. The molecule has 2 heterocycles. The van der Waals surface area contributed by atoms with Crippen molar-refractivity contribution in [3.05, 3.63) is 23.7 Å². The highest BCUT2D eigenvalue weighted by Crippen LogP contribution is 2.07. The summed E-state index contributed by atoms with van der Waals surface area (Å²) in [7, 11) is 0. The molecule has 0 atom stereocenters. The number of hydrogen-bond donors (Lipinski definition) is 1. The van der Waals surface area contributed by atoms with Crippen LogP contribution in [0.5, 0.6) is 0 Å². The average Bonchev–Trinajstić information content (AvgIpc) is 2.63. The lowest BCUT2D eigenvalue weighted by Crippen LogP contribution is -2.25. The van der Waals surface area contributed by atoms with Crippen molar-refractivity contribution in [2.75, 3.05) is 6.54 Å². The second-order valence-electron chi connectivity index (χ2n) is 3.65. The van der Waals surface area contributed by atoms with E-state index >= 15 is 0 Å². The smallest absolute Gasteiger partial charge is 0.123 e. The number of hydrogen-bond acceptors (Lipinski definition) is 3. The van der Waals surface area contributed by atoms with Crippen LogP contribution in [-0.4, -0.2) is 12.4 Å². The van der Waals surface area contributed by atoms with Gasteiger partial charge in [-0.2, -0.15) is 0 Å². The molecule has 0 aliphatic carbocycles. The van der Waals surface area contributed by atoms with Crippen LogP contribution in [0.1, 0.15) is 30.8 Å². The third-order valence-electron chi connectivity index (χ3n) is 2.39. The summed E-state index contributed by atoms with van der Waals surface area (Å²) in [5.41, 5.74) is 0. The van der Waals surface area contributed by atoms with Gasteiger partial charge in [0.05, 0.1) is 12.4 Å². The summed E-state index contributed by atoms with van der Waals surface area (Å²) in [5.74, 6) is 3.08. The first-order valence-corrected chi connectivity index (χ1v) is 5.17. The lowest BCUT2D eigenvalue weighted by atomic mass is 10.2. The van der Waals surface area contributed by atoms with Crippen LogP contribution >= 0.6 is 0 Å². The Morgan fingerprint density at radius 1 is 1.43 bits per heavy atom. The molecular formula is C11H16N2O. The molecule has 3 heteroatoms. The minimum absolute atomic E-state index is 0.757. The van der Waals surface area contributed by atoms with Crippen molar-refractivity contribution in [2.45, 2.75) is 32.7 Å². The molecule has 1 aliphatic rings. The number of rotatable bonds is 2. The Balaban J connectivity index is 1.84. The van der Waals surface area contributed by atoms with Gasteiger partial charge in [-0.05, 0) is 31.9 Å². The zero-order chi connectivity index (χ0) is 9.80. The van der Waals surface area contributed by atoms with Crippen LogP contribution < -0.4 is 5.32 Å². The van der Waals surface area contributed by atoms with Crippen molar-refractivity contribution in [3.8, 4) is 0 Å². The second-order valence-corrected chi connectivity index (χ2v) is 3.65. The normalized spacial score (nSPS) is 16.5. The van der Waals surface area contributed by atoms with Gasteiger partial charge in [0.2, 0.25) is 0 Å². The molecule has 0 bridgehead atoms. The predicted molar refractivity (Wildman–Crippen MR) is 56.4 cm³/mol. The van der Waals surface area contributed by atoms with Crippen LogP contribution in [0, 0.1) is 6.92 Å². The molecule has 2 rings (SSSR count). The van der Waals surface area contributed by atoms with Gasteiger partial charge in [-0.3, -0.25) is 4.99 Å². The van der Waals surface area contributed by atoms with Crippen LogP contribution in [0.2, 0.25) is 0 Å². The minimum Gasteiger partial charge on any atom is -0.465 e. The Hall–Kier alpha value is -1.25. The molecule has 0 amide bonds. The van der Waals surface area contributed by atoms with E-state index in [-0.39, 0.29) is 0 Å². The van der Waals surface area contributed by atoms with E-state index in [1.807, 2.05) is 19.1 Å². The molecular weight excluding hydrogens is 176 g/mol. The maximum Gasteiger partial charge on any atom is 0.123 e. The molecule has 1 aromatic heterocycles. The van der Waals surface area contributed by atoms with Crippen molar-refractivity contribution in [1.82, 2.24) is 5.32 Å². The van der Waals surface area contributed by atoms with Crippen LogP contribution in [0.4, 0.5) is 0 Å². The number of furan rings is 1. The largest absolute Gasteiger partial charge is 0.465 e. The third kappa shape index (κ3) is 2.37. The predicted octanol–water partition coefficient (Wildman–Crippen LogP) is 2.26. The summed E-state index contributed by atoms with van der Waals surface area (Å²) in [6, 6.07) is 3.99. The van der Waals surface area contributed by atoms with Crippen LogP contribution in [0.3, 0.4) is 0 Å². The number of aliphatic imine (C=N–C) groups is 1. The number of nitrogens with zero attached hydrogens (tertiary/aromatic N) is 1. The Bertz CT molecular complexity index is 328. The van der Waals surface area contributed by atoms with E-state index in [9.17, 15) is 0 Å². The molecule has 0 saturated carbocycles. The third-order valence-corrected chi connectivity index (χ3v) is 2.39. The van der Waals surface area contributed by atoms with Gasteiger partial charge in [-0.25, -0.2) is 0 Å². The molecule has 0 saturated heterocycles. The summed E-state index contributed by atoms with van der Waals surface area (Å²) < 4.78 is 5.46. The topological polar surface area (TPSA) is 37.5 Å². The van der Waals surface area contributed by atoms with Crippen molar-refractivity contribution in [3.63, 3.8) is 0 Å². The molecule has 14 heavy (non-hydrogen) atoms. The molecule has 0 unspecified atom stereocenters. The quantitative estimate of drug-likeness (QED) is 0.780. The Labute approximate surface area is 84.2 Å². The highest BCUT2D eigenvalue weighted by atomic mass is 16.3. The van der Waals surface area contributed by atoms with Gasteiger partial charge >= 0.3 is 0 Å². The molecule has 1 aliphatic heterocycles. The standard InChI is InChI=1S/C11H16N2O/c1-9-5-6-10(14-9)8-13-11-4-2-3-7-12-11/h5-6H,2-4,7-8H2,1H3,(H,12,13). The fourth-order valence-electron chi connectivity index (χ4n) is 1.61. The summed E-state index contributed by atoms with van der Waals surface area (Å²) >= 11 is 0.